The van der Waals surface area contributed by atoms with Gasteiger partial charge in [-0.2, -0.15) is 26.3 Å². The molecule has 3 N–H and O–H groups in total. The fourth-order valence-electron chi connectivity index (χ4n) is 3.90. The van der Waals surface area contributed by atoms with Crippen LogP contribution in [0.2, 0.25) is 10.0 Å². The average Bonchev–Trinajstić information content (AvgIpc) is 3.69. The third kappa shape index (κ3) is 5.78. The molecular formula is C27H20Cl2F6N2O3. The monoisotopic (exact) mass is 604 g/mol. The first-order chi connectivity index (χ1) is 18.6. The predicted molar refractivity (Wildman–Crippen MR) is 137 cm³/mol. The number of cyclic esters (lactones) is 1. The van der Waals surface area contributed by atoms with Crippen LogP contribution in [-0.4, -0.2) is 29.6 Å². The lowest BCUT2D eigenvalue weighted by Gasteiger charge is -2.36. The van der Waals surface area contributed by atoms with E-state index in [2.05, 4.69) is 22.5 Å². The van der Waals surface area contributed by atoms with Gasteiger partial charge in [-0.1, -0.05) is 47.9 Å². The third-order valence-electron chi connectivity index (χ3n) is 6.22. The maximum atomic E-state index is 14.5. The van der Waals surface area contributed by atoms with Crippen LogP contribution in [0, 0.1) is 29.6 Å². The van der Waals surface area contributed by atoms with E-state index in [1.807, 2.05) is 11.8 Å². The zero-order chi connectivity index (χ0) is 29.5. The van der Waals surface area contributed by atoms with Gasteiger partial charge in [0.2, 0.25) is 5.60 Å². The predicted octanol–water partition coefficient (Wildman–Crippen LogP) is 7.37. The van der Waals surface area contributed by atoms with Crippen LogP contribution in [0.4, 0.5) is 42.5 Å². The van der Waals surface area contributed by atoms with Gasteiger partial charge in [0.1, 0.15) is 0 Å². The fourth-order valence-corrected chi connectivity index (χ4v) is 4.25. The number of nitrogens with one attached hydrogen (secondary N) is 2. The number of amides is 1. The van der Waals surface area contributed by atoms with Crippen LogP contribution in [0.25, 0.3) is 0 Å². The Bertz CT molecular complexity index is 1450. The molecule has 5 nitrogen and oxygen atoms in total. The first-order valence-electron chi connectivity index (χ1n) is 11.9. The second-order valence-electron chi connectivity index (χ2n) is 9.20. The van der Waals surface area contributed by atoms with Gasteiger partial charge in [0, 0.05) is 32.8 Å². The summed E-state index contributed by atoms with van der Waals surface area (Å²) in [5.41, 5.74) is -8.88. The minimum Gasteiger partial charge on any atom is -0.415 e. The summed E-state index contributed by atoms with van der Waals surface area (Å²) >= 11 is 11.9. The lowest BCUT2D eigenvalue weighted by molar-refractivity contribution is -0.240. The molecule has 2 aromatic rings. The van der Waals surface area contributed by atoms with Crippen molar-refractivity contribution in [2.45, 2.75) is 55.8 Å². The van der Waals surface area contributed by atoms with E-state index < -0.39 is 46.8 Å². The largest absolute Gasteiger partial charge is 0.445 e. The second-order valence-corrected chi connectivity index (χ2v) is 10.1. The molecule has 212 valence electrons. The molecule has 2 unspecified atom stereocenters. The van der Waals surface area contributed by atoms with Crippen molar-refractivity contribution >= 4 is 40.7 Å². The molecule has 2 aliphatic rings. The molecule has 40 heavy (non-hydrogen) atoms. The van der Waals surface area contributed by atoms with Crippen molar-refractivity contribution in [3.8, 4) is 23.7 Å². The Morgan fingerprint density at radius 1 is 1.12 bits per heavy atom. The summed E-state index contributed by atoms with van der Waals surface area (Å²) in [7, 11) is 0. The van der Waals surface area contributed by atoms with E-state index >= 15 is 0 Å². The highest BCUT2D eigenvalue weighted by atomic mass is 35.5. The summed E-state index contributed by atoms with van der Waals surface area (Å²) in [5.74, 6) is 8.40. The molecule has 0 radical (unpaired) electrons. The van der Waals surface area contributed by atoms with Crippen molar-refractivity contribution in [1.29, 1.82) is 0 Å². The summed E-state index contributed by atoms with van der Waals surface area (Å²) < 4.78 is 90.5. The topological polar surface area (TPSA) is 70.6 Å². The van der Waals surface area contributed by atoms with E-state index in [0.717, 1.165) is 24.3 Å². The van der Waals surface area contributed by atoms with Gasteiger partial charge in [-0.3, -0.25) is 5.32 Å². The van der Waals surface area contributed by atoms with Crippen molar-refractivity contribution in [2.75, 3.05) is 10.6 Å². The van der Waals surface area contributed by atoms with Crippen LogP contribution in [0.1, 0.15) is 37.3 Å². The Hall–Kier alpha value is -3.25. The molecule has 1 amide bonds. The van der Waals surface area contributed by atoms with Crippen LogP contribution in [0.3, 0.4) is 0 Å². The number of hydrogen-bond donors (Lipinski definition) is 3. The number of benzene rings is 2. The molecule has 0 saturated heterocycles. The highest BCUT2D eigenvalue weighted by Gasteiger charge is 2.62. The summed E-state index contributed by atoms with van der Waals surface area (Å²) in [4.78, 5) is 12.1. The Balaban J connectivity index is 1.79. The Labute approximate surface area is 235 Å². The van der Waals surface area contributed by atoms with Crippen LogP contribution < -0.4 is 10.6 Å². The number of fused-ring (bicyclic) bond motifs is 1. The number of carbonyl (C=O) groups is 1. The highest BCUT2D eigenvalue weighted by Crippen LogP contribution is 2.48. The van der Waals surface area contributed by atoms with E-state index in [0.29, 0.717) is 12.8 Å². The van der Waals surface area contributed by atoms with E-state index in [9.17, 15) is 36.2 Å². The molecule has 3 atom stereocenters. The van der Waals surface area contributed by atoms with Gasteiger partial charge >= 0.3 is 18.4 Å². The van der Waals surface area contributed by atoms with Gasteiger partial charge < -0.3 is 15.2 Å². The number of ether oxygens (including phenoxy) is 1. The van der Waals surface area contributed by atoms with E-state index in [-0.39, 0.29) is 33.8 Å². The molecule has 4 rings (SSSR count). The van der Waals surface area contributed by atoms with Crippen molar-refractivity contribution in [3.63, 3.8) is 0 Å². The summed E-state index contributed by atoms with van der Waals surface area (Å²) in [6.45, 7) is 1.52. The van der Waals surface area contributed by atoms with Crippen LogP contribution in [0.5, 0.6) is 0 Å². The number of halogens is 8. The van der Waals surface area contributed by atoms with Gasteiger partial charge in [-0.15, -0.1) is 0 Å². The van der Waals surface area contributed by atoms with E-state index in [1.165, 1.54) is 19.1 Å². The molecule has 1 aliphatic carbocycles. The maximum Gasteiger partial charge on any atom is 0.445 e. The molecule has 1 aliphatic heterocycles. The minimum atomic E-state index is -5.24. The Morgan fingerprint density at radius 3 is 2.38 bits per heavy atom. The molecule has 1 saturated carbocycles. The van der Waals surface area contributed by atoms with Crippen molar-refractivity contribution in [2.24, 2.45) is 5.92 Å². The first-order valence-corrected chi connectivity index (χ1v) is 12.6. The normalized spacial score (nSPS) is 20.8. The minimum absolute atomic E-state index is 0.00416. The van der Waals surface area contributed by atoms with Gasteiger partial charge in [0.15, 0.2) is 0 Å². The van der Waals surface area contributed by atoms with Crippen molar-refractivity contribution in [3.05, 3.63) is 57.6 Å². The summed E-state index contributed by atoms with van der Waals surface area (Å²) in [6, 6.07) is 5.43. The zero-order valence-corrected chi connectivity index (χ0v) is 22.0. The van der Waals surface area contributed by atoms with E-state index in [1.54, 1.807) is 0 Å². The quantitative estimate of drug-likeness (QED) is 0.252. The number of alkyl halides is 6. The fraction of sp³-hybridized carbons (Fsp3) is 0.370. The average molecular weight is 605 g/mol. The second kappa shape index (κ2) is 10.6. The molecule has 2 aromatic carbocycles. The van der Waals surface area contributed by atoms with E-state index in [4.69, 9.17) is 27.9 Å². The number of aliphatic hydroxyl groups is 1. The smallest absolute Gasteiger partial charge is 0.415 e. The Kier molecular flexibility index (Phi) is 7.89. The molecule has 1 fully saturated rings. The van der Waals surface area contributed by atoms with Gasteiger partial charge in [-0.25, -0.2) is 4.79 Å². The number of rotatable bonds is 4. The summed E-state index contributed by atoms with van der Waals surface area (Å²) in [6.07, 6.45) is -10.7. The lowest BCUT2D eigenvalue weighted by Crippen LogP contribution is -2.49. The lowest BCUT2D eigenvalue weighted by atomic mass is 9.89. The number of hydrogen-bond acceptors (Lipinski definition) is 4. The standard InChI is InChI=1S/C27H20Cl2F6N2O3/c1-2-18(10-12-25(27(33,34)35)20-14-17(29)6-8-22(20)37-23(38)40-25)36-21-7-5-16(28)13-19(21)24(39,26(30,31)32)11-9-15-3-4-15/h5-8,13-15,18,36,39H,2-4H2,1H3,(H,37,38)/t18?,24-,25?/m0/s1. The molecule has 0 spiro atoms. The maximum absolute atomic E-state index is 14.5. The van der Waals surface area contributed by atoms with Gasteiger partial charge in [0.25, 0.3) is 5.60 Å². The molecule has 13 heteroatoms. The molecule has 1 heterocycles. The number of carbonyl (C=O) groups excluding carboxylic acids is 1. The highest BCUT2D eigenvalue weighted by molar-refractivity contribution is 6.31. The van der Waals surface area contributed by atoms with Gasteiger partial charge in [-0.05, 0) is 61.6 Å². The van der Waals surface area contributed by atoms with Crippen LogP contribution >= 0.6 is 23.2 Å². The third-order valence-corrected chi connectivity index (χ3v) is 6.69. The Morgan fingerprint density at radius 2 is 1.77 bits per heavy atom. The van der Waals surface area contributed by atoms with Crippen molar-refractivity contribution in [1.82, 2.24) is 0 Å². The molecule has 0 aromatic heterocycles. The molecular weight excluding hydrogens is 585 g/mol. The first kappa shape index (κ1) is 29.7. The zero-order valence-electron chi connectivity index (χ0n) is 20.5. The van der Waals surface area contributed by atoms with Crippen LogP contribution in [0.15, 0.2) is 36.4 Å². The molecule has 0 bridgehead atoms. The van der Waals surface area contributed by atoms with Gasteiger partial charge in [0.05, 0.1) is 11.7 Å². The SMILES string of the molecule is CCC(C#CC1(C(F)(F)F)OC(=O)Nc2ccc(Cl)cc21)Nc1ccc(Cl)cc1[C@@](O)(C#CC1CC1)C(F)(F)F. The van der Waals surface area contributed by atoms with Crippen LogP contribution in [-0.2, 0) is 15.9 Å². The van der Waals surface area contributed by atoms with Crippen molar-refractivity contribution < 1.29 is 41.0 Å². The summed E-state index contributed by atoms with van der Waals surface area (Å²) in [5, 5.41) is 15.4. The number of anilines is 2.